The Morgan fingerprint density at radius 3 is 2.70 bits per heavy atom. The van der Waals surface area contributed by atoms with E-state index in [9.17, 15) is 22.0 Å². The third-order valence-electron chi connectivity index (χ3n) is 6.95. The summed E-state index contributed by atoms with van der Waals surface area (Å²) in [5.41, 5.74) is 0.762. The lowest BCUT2D eigenvalue weighted by atomic mass is 10.1. The smallest absolute Gasteiger partial charge is 0.291 e. The first-order chi connectivity index (χ1) is 17.6. The molecular formula is C22H25F2N7O4S2. The summed E-state index contributed by atoms with van der Waals surface area (Å²) >= 11 is 0.723. The summed E-state index contributed by atoms with van der Waals surface area (Å²) in [7, 11) is -3.92. The number of morpholine rings is 1. The SMILES string of the molecule is CC1(NS(=O)(=O)c2cc(N3CCO[C@@H](C(=O)N4CCC4)C3)c3ncc(-c4nnc(C(F)F)s4)n3c2)CC1. The third kappa shape index (κ3) is 4.57. The number of anilines is 1. The number of aromatic nitrogens is 4. The molecule has 1 N–H and O–H groups in total. The predicted octanol–water partition coefficient (Wildman–Crippen LogP) is 2.06. The van der Waals surface area contributed by atoms with Crippen molar-refractivity contribution in [2.24, 2.45) is 0 Å². The van der Waals surface area contributed by atoms with Crippen molar-refractivity contribution in [2.45, 2.75) is 49.2 Å². The van der Waals surface area contributed by atoms with Crippen molar-refractivity contribution in [2.75, 3.05) is 37.7 Å². The average molecular weight is 554 g/mol. The van der Waals surface area contributed by atoms with Gasteiger partial charge in [0.25, 0.3) is 12.3 Å². The zero-order valence-electron chi connectivity index (χ0n) is 19.9. The van der Waals surface area contributed by atoms with Gasteiger partial charge in [-0.05, 0) is 32.3 Å². The van der Waals surface area contributed by atoms with E-state index in [0.29, 0.717) is 36.7 Å². The first-order valence-electron chi connectivity index (χ1n) is 12.0. The Morgan fingerprint density at radius 2 is 2.05 bits per heavy atom. The lowest BCUT2D eigenvalue weighted by Gasteiger charge is -2.39. The summed E-state index contributed by atoms with van der Waals surface area (Å²) in [6.07, 6.45) is 1.87. The molecule has 1 atom stereocenters. The fourth-order valence-electron chi connectivity index (χ4n) is 4.44. The van der Waals surface area contributed by atoms with E-state index >= 15 is 0 Å². The van der Waals surface area contributed by atoms with Gasteiger partial charge in [0.05, 0.1) is 25.0 Å². The van der Waals surface area contributed by atoms with Crippen molar-refractivity contribution >= 4 is 38.6 Å². The number of carbonyl (C=O) groups is 1. The van der Waals surface area contributed by atoms with Crippen molar-refractivity contribution in [3.63, 3.8) is 0 Å². The van der Waals surface area contributed by atoms with E-state index in [0.717, 1.165) is 30.6 Å². The minimum Gasteiger partial charge on any atom is -0.365 e. The molecular weight excluding hydrogens is 528 g/mol. The van der Waals surface area contributed by atoms with Crippen LogP contribution in [0.3, 0.4) is 0 Å². The number of likely N-dealkylation sites (tertiary alicyclic amines) is 1. The number of sulfonamides is 1. The monoisotopic (exact) mass is 553 g/mol. The molecule has 3 aliphatic rings. The topological polar surface area (TPSA) is 122 Å². The van der Waals surface area contributed by atoms with Gasteiger partial charge >= 0.3 is 0 Å². The molecule has 1 amide bonds. The van der Waals surface area contributed by atoms with Crippen molar-refractivity contribution in [1.29, 1.82) is 0 Å². The number of rotatable bonds is 7. The number of nitrogens with zero attached hydrogens (tertiary/aromatic N) is 6. The van der Waals surface area contributed by atoms with Crippen LogP contribution in [0, 0.1) is 0 Å². The normalized spacial score (nSPS) is 21.5. The second-order valence-corrected chi connectivity index (χ2v) is 12.5. The molecule has 0 unspecified atom stereocenters. The maximum absolute atomic E-state index is 13.4. The summed E-state index contributed by atoms with van der Waals surface area (Å²) in [6, 6.07) is 1.54. The van der Waals surface area contributed by atoms with Crippen molar-refractivity contribution in [3.8, 4) is 10.7 Å². The standard InChI is InChI=1S/C22H25F2N7O4S2/c1-22(3-4-22)28-37(33,34)13-9-14(30-7-8-35-16(12-30)21(32)29-5-2-6-29)18-25-10-15(31(18)11-13)19-26-27-20(36-19)17(23)24/h9-11,16-17,28H,2-8,12H2,1H3/t16-/m1/s1. The van der Waals surface area contributed by atoms with Crippen LogP contribution in [-0.2, 0) is 19.6 Å². The van der Waals surface area contributed by atoms with Gasteiger partial charge in [0, 0.05) is 31.4 Å². The molecule has 3 aromatic heterocycles. The summed E-state index contributed by atoms with van der Waals surface area (Å²) in [6.45, 7) is 4.18. The van der Waals surface area contributed by atoms with Gasteiger partial charge in [-0.2, -0.15) is 0 Å². The highest BCUT2D eigenvalue weighted by molar-refractivity contribution is 7.89. The number of amides is 1. The molecule has 15 heteroatoms. The molecule has 0 bridgehead atoms. The van der Waals surface area contributed by atoms with E-state index in [1.807, 2.05) is 11.8 Å². The Kier molecular flexibility index (Phi) is 5.93. The predicted molar refractivity (Wildman–Crippen MR) is 130 cm³/mol. The Hall–Kier alpha value is -2.75. The highest BCUT2D eigenvalue weighted by Crippen LogP contribution is 2.37. The fourth-order valence-corrected chi connectivity index (χ4v) is 6.63. The molecule has 11 nitrogen and oxygen atoms in total. The van der Waals surface area contributed by atoms with Crippen LogP contribution >= 0.6 is 11.3 Å². The van der Waals surface area contributed by atoms with Gasteiger partial charge < -0.3 is 14.5 Å². The summed E-state index contributed by atoms with van der Waals surface area (Å²) in [5.74, 6) is -0.0866. The fraction of sp³-hybridized carbons (Fsp3) is 0.545. The second-order valence-electron chi connectivity index (χ2n) is 9.79. The van der Waals surface area contributed by atoms with Crippen LogP contribution < -0.4 is 9.62 Å². The summed E-state index contributed by atoms with van der Waals surface area (Å²) < 4.78 is 63.1. The minimum atomic E-state index is -3.92. The van der Waals surface area contributed by atoms with Crippen LogP contribution in [0.1, 0.15) is 37.6 Å². The lowest BCUT2D eigenvalue weighted by molar-refractivity contribution is -0.147. The number of nitrogens with one attached hydrogen (secondary N) is 1. The van der Waals surface area contributed by atoms with Crippen LogP contribution in [0.25, 0.3) is 16.3 Å². The van der Waals surface area contributed by atoms with Gasteiger partial charge in [0.1, 0.15) is 10.6 Å². The number of alkyl halides is 2. The maximum atomic E-state index is 13.4. The number of pyridine rings is 1. The average Bonchev–Trinajstić information content (AvgIpc) is 3.22. The number of halogens is 2. The van der Waals surface area contributed by atoms with Crippen molar-refractivity contribution in [1.82, 2.24) is 29.2 Å². The molecule has 1 saturated carbocycles. The van der Waals surface area contributed by atoms with Gasteiger partial charge in [-0.25, -0.2) is 26.9 Å². The van der Waals surface area contributed by atoms with E-state index in [-0.39, 0.29) is 29.0 Å². The molecule has 3 fully saturated rings. The lowest BCUT2D eigenvalue weighted by Crippen LogP contribution is -2.54. The minimum absolute atomic E-state index is 0.00177. The van der Waals surface area contributed by atoms with Crippen LogP contribution in [0.4, 0.5) is 14.5 Å². The number of imidazole rings is 1. The molecule has 5 heterocycles. The number of hydrogen-bond acceptors (Lipinski definition) is 9. The van der Waals surface area contributed by atoms with Gasteiger partial charge in [0.15, 0.2) is 21.8 Å². The zero-order valence-corrected chi connectivity index (χ0v) is 21.6. The molecule has 0 radical (unpaired) electrons. The molecule has 2 aliphatic heterocycles. The van der Waals surface area contributed by atoms with E-state index in [4.69, 9.17) is 4.74 Å². The van der Waals surface area contributed by atoms with E-state index in [1.54, 1.807) is 11.0 Å². The van der Waals surface area contributed by atoms with Crippen LogP contribution in [0.15, 0.2) is 23.4 Å². The van der Waals surface area contributed by atoms with Gasteiger partial charge in [-0.3, -0.25) is 9.20 Å². The highest BCUT2D eigenvalue weighted by atomic mass is 32.2. The Labute approximate surface area is 215 Å². The molecule has 3 aromatic rings. The molecule has 2 saturated heterocycles. The molecule has 6 rings (SSSR count). The first-order valence-corrected chi connectivity index (χ1v) is 14.3. The van der Waals surface area contributed by atoms with Gasteiger partial charge in [-0.1, -0.05) is 11.3 Å². The number of fused-ring (bicyclic) bond motifs is 1. The molecule has 1 aliphatic carbocycles. The summed E-state index contributed by atoms with van der Waals surface area (Å²) in [5, 5.41) is 7.20. The number of ether oxygens (including phenoxy) is 1. The van der Waals surface area contributed by atoms with Crippen LogP contribution in [0.2, 0.25) is 0 Å². The Bertz CT molecular complexity index is 1470. The van der Waals surface area contributed by atoms with Crippen LogP contribution in [0.5, 0.6) is 0 Å². The molecule has 0 spiro atoms. The highest BCUT2D eigenvalue weighted by Gasteiger charge is 2.42. The molecule has 37 heavy (non-hydrogen) atoms. The molecule has 198 valence electrons. The third-order valence-corrected chi connectivity index (χ3v) is 9.51. The van der Waals surface area contributed by atoms with E-state index < -0.39 is 33.1 Å². The first kappa shape index (κ1) is 24.6. The quantitative estimate of drug-likeness (QED) is 0.472. The number of carbonyl (C=O) groups excluding carboxylic acids is 1. The summed E-state index contributed by atoms with van der Waals surface area (Å²) in [4.78, 5) is 20.9. The second kappa shape index (κ2) is 8.92. The Morgan fingerprint density at radius 1 is 1.27 bits per heavy atom. The Balaban J connectivity index is 1.43. The maximum Gasteiger partial charge on any atom is 0.291 e. The van der Waals surface area contributed by atoms with Crippen molar-refractivity contribution in [3.05, 3.63) is 23.5 Å². The number of hydrogen-bond donors (Lipinski definition) is 1. The van der Waals surface area contributed by atoms with Gasteiger partial charge in [0.2, 0.25) is 10.0 Å². The van der Waals surface area contributed by atoms with Crippen molar-refractivity contribution < 1.29 is 26.7 Å². The van der Waals surface area contributed by atoms with E-state index in [2.05, 4.69) is 19.9 Å². The molecule has 0 aromatic carbocycles. The van der Waals surface area contributed by atoms with Crippen LogP contribution in [-0.4, -0.2) is 83.2 Å². The van der Waals surface area contributed by atoms with E-state index in [1.165, 1.54) is 16.8 Å². The largest absolute Gasteiger partial charge is 0.365 e. The zero-order chi connectivity index (χ0) is 25.9. The van der Waals surface area contributed by atoms with Gasteiger partial charge in [-0.15, -0.1) is 10.2 Å².